The third-order valence-corrected chi connectivity index (χ3v) is 3.92. The van der Waals surface area contributed by atoms with Crippen LogP contribution in [0.15, 0.2) is 18.2 Å². The molecule has 0 bridgehead atoms. The van der Waals surface area contributed by atoms with Crippen molar-refractivity contribution in [3.8, 4) is 11.5 Å². The Morgan fingerprint density at radius 2 is 1.91 bits per heavy atom. The Hall–Kier alpha value is -2.24. The molecule has 1 aromatic rings. The molecule has 0 radical (unpaired) electrons. The Morgan fingerprint density at radius 1 is 1.23 bits per heavy atom. The van der Waals surface area contributed by atoms with Crippen LogP contribution in [0.3, 0.4) is 0 Å². The van der Waals surface area contributed by atoms with Crippen molar-refractivity contribution in [1.29, 1.82) is 0 Å². The fourth-order valence-electron chi connectivity index (χ4n) is 2.58. The SMILES string of the molecule is CC1CCC(NC(=O)COC(=O)c2ccc(O)cc2O)CC1. The van der Waals surface area contributed by atoms with E-state index >= 15 is 0 Å². The number of phenolic OH excluding ortho intramolecular Hbond substituents is 2. The number of aromatic hydroxyl groups is 2. The molecule has 1 amide bonds. The largest absolute Gasteiger partial charge is 0.508 e. The summed E-state index contributed by atoms with van der Waals surface area (Å²) in [7, 11) is 0. The van der Waals surface area contributed by atoms with Crippen LogP contribution in [0.4, 0.5) is 0 Å². The van der Waals surface area contributed by atoms with Gasteiger partial charge >= 0.3 is 5.97 Å². The van der Waals surface area contributed by atoms with E-state index in [0.29, 0.717) is 5.92 Å². The van der Waals surface area contributed by atoms with Crippen molar-refractivity contribution in [2.45, 2.75) is 38.6 Å². The minimum Gasteiger partial charge on any atom is -0.508 e. The number of esters is 1. The molecule has 6 nitrogen and oxygen atoms in total. The standard InChI is InChI=1S/C16H21NO5/c1-10-2-4-11(5-3-10)17-15(20)9-22-16(21)13-7-6-12(18)8-14(13)19/h6-8,10-11,18-19H,2-5,9H2,1H3,(H,17,20). The molecule has 0 aromatic heterocycles. The molecule has 0 atom stereocenters. The highest BCUT2D eigenvalue weighted by atomic mass is 16.5. The quantitative estimate of drug-likeness (QED) is 0.739. The normalized spacial score (nSPS) is 21.1. The number of benzene rings is 1. The van der Waals surface area contributed by atoms with Crippen LogP contribution in [0.2, 0.25) is 0 Å². The van der Waals surface area contributed by atoms with Gasteiger partial charge in [-0.25, -0.2) is 4.79 Å². The number of carbonyl (C=O) groups excluding carboxylic acids is 2. The van der Waals surface area contributed by atoms with Gasteiger partial charge in [0, 0.05) is 12.1 Å². The summed E-state index contributed by atoms with van der Waals surface area (Å²) in [6.45, 7) is 1.81. The number of ether oxygens (including phenoxy) is 1. The van der Waals surface area contributed by atoms with E-state index in [1.165, 1.54) is 12.1 Å². The van der Waals surface area contributed by atoms with Gasteiger partial charge in [0.2, 0.25) is 0 Å². The summed E-state index contributed by atoms with van der Waals surface area (Å²) < 4.78 is 4.88. The number of hydrogen-bond donors (Lipinski definition) is 3. The van der Waals surface area contributed by atoms with Crippen LogP contribution < -0.4 is 5.32 Å². The number of phenols is 2. The first-order chi connectivity index (χ1) is 10.5. The van der Waals surface area contributed by atoms with Gasteiger partial charge in [-0.05, 0) is 43.7 Å². The summed E-state index contributed by atoms with van der Waals surface area (Å²) in [5.74, 6) is -0.982. The first-order valence-corrected chi connectivity index (χ1v) is 7.44. The van der Waals surface area contributed by atoms with Crippen molar-refractivity contribution in [2.75, 3.05) is 6.61 Å². The van der Waals surface area contributed by atoms with E-state index in [9.17, 15) is 14.7 Å². The van der Waals surface area contributed by atoms with Crippen LogP contribution in [0.25, 0.3) is 0 Å². The molecule has 0 heterocycles. The minimum atomic E-state index is -0.801. The summed E-state index contributed by atoms with van der Waals surface area (Å²) in [6.07, 6.45) is 4.07. The average Bonchev–Trinajstić information content (AvgIpc) is 2.47. The Balaban J connectivity index is 1.79. The summed E-state index contributed by atoms with van der Waals surface area (Å²) in [5.41, 5.74) is -0.0860. The van der Waals surface area contributed by atoms with E-state index in [-0.39, 0.29) is 35.6 Å². The lowest BCUT2D eigenvalue weighted by Gasteiger charge is -2.26. The van der Waals surface area contributed by atoms with Crippen molar-refractivity contribution in [3.05, 3.63) is 23.8 Å². The highest BCUT2D eigenvalue weighted by Gasteiger charge is 2.21. The maximum atomic E-state index is 11.8. The average molecular weight is 307 g/mol. The van der Waals surface area contributed by atoms with Gasteiger partial charge < -0.3 is 20.3 Å². The smallest absolute Gasteiger partial charge is 0.342 e. The Bertz CT molecular complexity index is 549. The molecule has 6 heteroatoms. The van der Waals surface area contributed by atoms with Gasteiger partial charge in [0.15, 0.2) is 6.61 Å². The fourth-order valence-corrected chi connectivity index (χ4v) is 2.58. The summed E-state index contributed by atoms with van der Waals surface area (Å²) in [4.78, 5) is 23.5. The Kier molecular flexibility index (Phi) is 5.25. The second kappa shape index (κ2) is 7.15. The molecule has 22 heavy (non-hydrogen) atoms. The number of carbonyl (C=O) groups is 2. The summed E-state index contributed by atoms with van der Waals surface area (Å²) >= 11 is 0. The predicted octanol–water partition coefficient (Wildman–Crippen LogP) is 1.95. The van der Waals surface area contributed by atoms with E-state index in [0.717, 1.165) is 31.7 Å². The van der Waals surface area contributed by atoms with Crippen LogP contribution in [0, 0.1) is 5.92 Å². The maximum Gasteiger partial charge on any atom is 0.342 e. The van der Waals surface area contributed by atoms with Crippen LogP contribution in [0.5, 0.6) is 11.5 Å². The van der Waals surface area contributed by atoms with Gasteiger partial charge in [0.1, 0.15) is 17.1 Å². The van der Waals surface area contributed by atoms with Crippen molar-refractivity contribution in [2.24, 2.45) is 5.92 Å². The topological polar surface area (TPSA) is 95.9 Å². The van der Waals surface area contributed by atoms with Crippen molar-refractivity contribution >= 4 is 11.9 Å². The molecule has 1 fully saturated rings. The van der Waals surface area contributed by atoms with Crippen molar-refractivity contribution < 1.29 is 24.5 Å². The van der Waals surface area contributed by atoms with Crippen LogP contribution in [-0.2, 0) is 9.53 Å². The lowest BCUT2D eigenvalue weighted by atomic mass is 9.87. The molecule has 120 valence electrons. The van der Waals surface area contributed by atoms with E-state index in [4.69, 9.17) is 9.84 Å². The zero-order valence-electron chi connectivity index (χ0n) is 12.5. The van der Waals surface area contributed by atoms with E-state index < -0.39 is 5.97 Å². The van der Waals surface area contributed by atoms with E-state index in [2.05, 4.69) is 12.2 Å². The van der Waals surface area contributed by atoms with E-state index in [1.807, 2.05) is 0 Å². The molecule has 1 aliphatic rings. The predicted molar refractivity (Wildman–Crippen MR) is 79.6 cm³/mol. The third kappa shape index (κ3) is 4.38. The number of rotatable bonds is 4. The molecule has 1 saturated carbocycles. The molecule has 0 aliphatic heterocycles. The van der Waals surface area contributed by atoms with Gasteiger partial charge in [-0.3, -0.25) is 4.79 Å². The molecule has 2 rings (SSSR count). The van der Waals surface area contributed by atoms with Crippen LogP contribution >= 0.6 is 0 Å². The maximum absolute atomic E-state index is 11.8. The van der Waals surface area contributed by atoms with Gasteiger partial charge in [0.25, 0.3) is 5.91 Å². The first kappa shape index (κ1) is 16.1. The summed E-state index contributed by atoms with van der Waals surface area (Å²) in [6, 6.07) is 3.69. The molecular weight excluding hydrogens is 286 g/mol. The number of nitrogens with one attached hydrogen (secondary N) is 1. The third-order valence-electron chi connectivity index (χ3n) is 3.92. The first-order valence-electron chi connectivity index (χ1n) is 7.44. The van der Waals surface area contributed by atoms with Gasteiger partial charge in [-0.1, -0.05) is 6.92 Å². The number of hydrogen-bond acceptors (Lipinski definition) is 5. The molecule has 3 N–H and O–H groups in total. The fraction of sp³-hybridized carbons (Fsp3) is 0.500. The summed E-state index contributed by atoms with van der Waals surface area (Å²) in [5, 5.41) is 21.6. The lowest BCUT2D eigenvalue weighted by Crippen LogP contribution is -2.39. The second-order valence-corrected chi connectivity index (χ2v) is 5.80. The lowest BCUT2D eigenvalue weighted by molar-refractivity contribution is -0.125. The van der Waals surface area contributed by atoms with Crippen LogP contribution in [0.1, 0.15) is 43.0 Å². The Morgan fingerprint density at radius 3 is 2.55 bits per heavy atom. The number of amides is 1. The molecule has 0 unspecified atom stereocenters. The highest BCUT2D eigenvalue weighted by Crippen LogP contribution is 2.24. The highest BCUT2D eigenvalue weighted by molar-refractivity contribution is 5.94. The molecule has 0 spiro atoms. The van der Waals surface area contributed by atoms with Crippen LogP contribution in [-0.4, -0.2) is 34.7 Å². The van der Waals surface area contributed by atoms with Crippen molar-refractivity contribution in [1.82, 2.24) is 5.32 Å². The molecule has 0 saturated heterocycles. The second-order valence-electron chi connectivity index (χ2n) is 5.80. The minimum absolute atomic E-state index is 0.0860. The van der Waals surface area contributed by atoms with E-state index in [1.54, 1.807) is 0 Å². The monoisotopic (exact) mass is 307 g/mol. The molecule has 1 aromatic carbocycles. The zero-order chi connectivity index (χ0) is 16.1. The van der Waals surface area contributed by atoms with Gasteiger partial charge in [0.05, 0.1) is 0 Å². The van der Waals surface area contributed by atoms with Gasteiger partial charge in [-0.2, -0.15) is 0 Å². The van der Waals surface area contributed by atoms with Gasteiger partial charge in [-0.15, -0.1) is 0 Å². The molecular formula is C16H21NO5. The molecule has 1 aliphatic carbocycles. The zero-order valence-corrected chi connectivity index (χ0v) is 12.5. The Labute approximate surface area is 129 Å². The van der Waals surface area contributed by atoms with Crippen molar-refractivity contribution in [3.63, 3.8) is 0 Å².